The molecule has 12 nitrogen and oxygen atoms in total. The Morgan fingerprint density at radius 2 is 1.50 bits per heavy atom. The maximum Gasteiger partial charge on any atom is 0.305 e. The van der Waals surface area contributed by atoms with Crippen LogP contribution < -0.4 is 0 Å². The van der Waals surface area contributed by atoms with Gasteiger partial charge in [-0.1, -0.05) is 49.8 Å². The lowest BCUT2D eigenvalue weighted by Crippen LogP contribution is -2.62. The van der Waals surface area contributed by atoms with Gasteiger partial charge in [-0.25, -0.2) is 0 Å². The standard InChI is InChI=1S/C28H46O12/c1-2-3-4-5-6-7-8-9-10-11-12-13-14-15-21(31)37-17-20-23(33)26(36)28(18-30,39-20)40-27-25(35)24(34)22(32)19(16-29)38-27/h3-4,6-7,9-10,19-20,22-27,29-30,32-36H,2,5,8,11-18H2,1H3. The first-order valence-electron chi connectivity index (χ1n) is 13.9. The minimum Gasteiger partial charge on any atom is -0.463 e. The number of ether oxygens (including phenoxy) is 4. The number of carbonyl (C=O) groups excluding carboxylic acids is 1. The van der Waals surface area contributed by atoms with Crippen LogP contribution in [0.25, 0.3) is 0 Å². The van der Waals surface area contributed by atoms with E-state index in [1.54, 1.807) is 0 Å². The Balaban J connectivity index is 1.71. The summed E-state index contributed by atoms with van der Waals surface area (Å²) < 4.78 is 21.4. The minimum absolute atomic E-state index is 0.162. The van der Waals surface area contributed by atoms with E-state index in [2.05, 4.69) is 43.4 Å². The number of hydrogen-bond donors (Lipinski definition) is 7. The Morgan fingerprint density at radius 3 is 2.15 bits per heavy atom. The van der Waals surface area contributed by atoms with Crippen molar-refractivity contribution in [1.29, 1.82) is 0 Å². The molecule has 230 valence electrons. The maximum atomic E-state index is 12.2. The molecule has 0 bridgehead atoms. The van der Waals surface area contributed by atoms with Gasteiger partial charge in [0.05, 0.1) is 6.61 Å². The topological polar surface area (TPSA) is 196 Å². The average Bonchev–Trinajstić information content (AvgIpc) is 3.19. The summed E-state index contributed by atoms with van der Waals surface area (Å²) in [4.78, 5) is 12.2. The molecule has 40 heavy (non-hydrogen) atoms. The Bertz CT molecular complexity index is 815. The molecule has 2 aliphatic rings. The van der Waals surface area contributed by atoms with Crippen LogP contribution in [-0.2, 0) is 23.7 Å². The predicted octanol–water partition coefficient (Wildman–Crippen LogP) is -0.0354. The smallest absolute Gasteiger partial charge is 0.305 e. The van der Waals surface area contributed by atoms with E-state index in [9.17, 15) is 40.5 Å². The van der Waals surface area contributed by atoms with Crippen LogP contribution in [0.1, 0.15) is 58.3 Å². The highest BCUT2D eigenvalue weighted by Gasteiger charge is 2.58. The van der Waals surface area contributed by atoms with Crippen LogP contribution in [0, 0.1) is 0 Å². The highest BCUT2D eigenvalue weighted by molar-refractivity contribution is 5.69. The van der Waals surface area contributed by atoms with E-state index in [-0.39, 0.29) is 6.42 Å². The van der Waals surface area contributed by atoms with Crippen molar-refractivity contribution in [2.45, 2.75) is 113 Å². The molecule has 0 radical (unpaired) electrons. The fraction of sp³-hybridized carbons (Fsp3) is 0.750. The zero-order valence-electron chi connectivity index (χ0n) is 23.0. The van der Waals surface area contributed by atoms with E-state index < -0.39 is 80.6 Å². The molecule has 2 rings (SSSR count). The summed E-state index contributed by atoms with van der Waals surface area (Å²) in [6.07, 6.45) is 6.13. The molecule has 9 unspecified atom stereocenters. The third-order valence-corrected chi connectivity index (χ3v) is 6.83. The van der Waals surface area contributed by atoms with Gasteiger partial charge in [0.1, 0.15) is 55.9 Å². The van der Waals surface area contributed by atoms with Crippen molar-refractivity contribution < 1.29 is 59.5 Å². The molecule has 9 atom stereocenters. The fourth-order valence-corrected chi connectivity index (χ4v) is 4.40. The predicted molar refractivity (Wildman–Crippen MR) is 143 cm³/mol. The van der Waals surface area contributed by atoms with Gasteiger partial charge in [0, 0.05) is 6.42 Å². The van der Waals surface area contributed by atoms with Crippen molar-refractivity contribution in [3.63, 3.8) is 0 Å². The van der Waals surface area contributed by atoms with Crippen LogP contribution >= 0.6 is 0 Å². The normalized spacial score (nSPS) is 34.9. The van der Waals surface area contributed by atoms with Gasteiger partial charge in [-0.05, 0) is 38.5 Å². The number of aliphatic hydroxyl groups is 7. The summed E-state index contributed by atoms with van der Waals surface area (Å²) in [5, 5.41) is 70.3. The van der Waals surface area contributed by atoms with Crippen molar-refractivity contribution in [3.8, 4) is 0 Å². The second kappa shape index (κ2) is 18.0. The molecule has 2 saturated heterocycles. The molecule has 2 aliphatic heterocycles. The summed E-state index contributed by atoms with van der Waals surface area (Å²) in [7, 11) is 0. The molecule has 0 aliphatic carbocycles. The second-order valence-electron chi connectivity index (χ2n) is 9.95. The van der Waals surface area contributed by atoms with Crippen molar-refractivity contribution in [3.05, 3.63) is 36.5 Å². The first kappa shape index (κ1) is 34.5. The van der Waals surface area contributed by atoms with Crippen LogP contribution in [0.5, 0.6) is 0 Å². The maximum absolute atomic E-state index is 12.2. The number of hydrogen-bond acceptors (Lipinski definition) is 12. The van der Waals surface area contributed by atoms with Gasteiger partial charge in [0.15, 0.2) is 6.29 Å². The molecule has 0 aromatic carbocycles. The third-order valence-electron chi connectivity index (χ3n) is 6.83. The Morgan fingerprint density at radius 1 is 0.825 bits per heavy atom. The number of allylic oxidation sites excluding steroid dienone is 6. The van der Waals surface area contributed by atoms with E-state index in [1.165, 1.54) is 0 Å². The monoisotopic (exact) mass is 574 g/mol. The van der Waals surface area contributed by atoms with Crippen LogP contribution in [0.2, 0.25) is 0 Å². The summed E-state index contributed by atoms with van der Waals surface area (Å²) in [6.45, 7) is -0.0337. The molecule has 0 spiro atoms. The lowest BCUT2D eigenvalue weighted by molar-refractivity contribution is -0.383. The van der Waals surface area contributed by atoms with Crippen LogP contribution in [-0.4, -0.2) is 116 Å². The van der Waals surface area contributed by atoms with Gasteiger partial charge < -0.3 is 54.7 Å². The number of esters is 1. The van der Waals surface area contributed by atoms with Gasteiger partial charge in [0.25, 0.3) is 0 Å². The molecule has 0 amide bonds. The van der Waals surface area contributed by atoms with Crippen LogP contribution in [0.4, 0.5) is 0 Å². The van der Waals surface area contributed by atoms with E-state index in [0.29, 0.717) is 6.42 Å². The summed E-state index contributed by atoms with van der Waals surface area (Å²) in [6, 6.07) is 0. The van der Waals surface area contributed by atoms with Gasteiger partial charge in [-0.3, -0.25) is 4.79 Å². The van der Waals surface area contributed by atoms with Crippen molar-refractivity contribution >= 4 is 5.97 Å². The van der Waals surface area contributed by atoms with Gasteiger partial charge in [-0.15, -0.1) is 0 Å². The van der Waals surface area contributed by atoms with Crippen molar-refractivity contribution in [2.75, 3.05) is 19.8 Å². The zero-order chi connectivity index (χ0) is 29.5. The largest absolute Gasteiger partial charge is 0.463 e. The second-order valence-corrected chi connectivity index (χ2v) is 9.95. The Kier molecular flexibility index (Phi) is 15.5. The molecule has 0 aromatic heterocycles. The fourth-order valence-electron chi connectivity index (χ4n) is 4.40. The van der Waals surface area contributed by atoms with Crippen molar-refractivity contribution in [2.24, 2.45) is 0 Å². The molecule has 2 heterocycles. The van der Waals surface area contributed by atoms with Gasteiger partial charge in [-0.2, -0.15) is 0 Å². The first-order chi connectivity index (χ1) is 19.2. The van der Waals surface area contributed by atoms with E-state index in [1.807, 2.05) is 0 Å². The summed E-state index contributed by atoms with van der Waals surface area (Å²) in [5.41, 5.74) is 0. The average molecular weight is 575 g/mol. The number of carbonyl (C=O) groups is 1. The van der Waals surface area contributed by atoms with Crippen LogP contribution in [0.15, 0.2) is 36.5 Å². The number of aliphatic hydroxyl groups excluding tert-OH is 7. The summed E-state index contributed by atoms with van der Waals surface area (Å²) >= 11 is 0. The van der Waals surface area contributed by atoms with Gasteiger partial charge in [0.2, 0.25) is 5.79 Å². The molecule has 0 aromatic rings. The minimum atomic E-state index is -2.29. The van der Waals surface area contributed by atoms with E-state index >= 15 is 0 Å². The van der Waals surface area contributed by atoms with Crippen LogP contribution in [0.3, 0.4) is 0 Å². The van der Waals surface area contributed by atoms with Gasteiger partial charge >= 0.3 is 5.97 Å². The molecule has 0 saturated carbocycles. The molecular formula is C28H46O12. The first-order valence-corrected chi connectivity index (χ1v) is 13.9. The quantitative estimate of drug-likeness (QED) is 0.0697. The molecular weight excluding hydrogens is 528 g/mol. The summed E-state index contributed by atoms with van der Waals surface area (Å²) in [5.74, 6) is -2.81. The Labute approximate surface area is 235 Å². The zero-order valence-corrected chi connectivity index (χ0v) is 23.0. The lowest BCUT2D eigenvalue weighted by Gasteiger charge is -2.43. The number of rotatable bonds is 17. The van der Waals surface area contributed by atoms with E-state index in [0.717, 1.165) is 38.5 Å². The van der Waals surface area contributed by atoms with Crippen molar-refractivity contribution in [1.82, 2.24) is 0 Å². The SMILES string of the molecule is CCC=CCC=CCC=CCCCCCC(=O)OCC1OC(CO)(OC2OC(CO)C(O)C(O)C2O)C(O)C1O. The molecule has 7 N–H and O–H groups in total. The lowest BCUT2D eigenvalue weighted by atomic mass is 9.99. The number of unbranched alkanes of at least 4 members (excludes halogenated alkanes) is 3. The highest BCUT2D eigenvalue weighted by Crippen LogP contribution is 2.36. The van der Waals surface area contributed by atoms with E-state index in [4.69, 9.17) is 18.9 Å². The molecule has 12 heteroatoms. The third kappa shape index (κ3) is 9.98. The Hall–Kier alpha value is -1.71. The molecule has 2 fully saturated rings. The highest BCUT2D eigenvalue weighted by atomic mass is 16.8.